The van der Waals surface area contributed by atoms with Crippen molar-refractivity contribution in [1.29, 1.82) is 5.26 Å². The van der Waals surface area contributed by atoms with Crippen LogP contribution in [0.15, 0.2) is 59.5 Å². The number of carbonyl (C=O) groups is 1. The molecule has 1 aliphatic heterocycles. The third-order valence-corrected chi connectivity index (χ3v) is 7.70. The van der Waals surface area contributed by atoms with E-state index >= 15 is 0 Å². The second kappa shape index (κ2) is 9.17. The highest BCUT2D eigenvalue weighted by atomic mass is 32.2. The maximum atomic E-state index is 14.0. The van der Waals surface area contributed by atoms with Gasteiger partial charge in [0.1, 0.15) is 18.2 Å². The molecule has 1 aliphatic rings. The van der Waals surface area contributed by atoms with E-state index < -0.39 is 27.7 Å². The van der Waals surface area contributed by atoms with Crippen LogP contribution in [0.5, 0.6) is 5.75 Å². The van der Waals surface area contributed by atoms with E-state index in [-0.39, 0.29) is 30.2 Å². The molecule has 1 heterocycles. The zero-order valence-electron chi connectivity index (χ0n) is 17.6. The lowest BCUT2D eigenvalue weighted by Gasteiger charge is -2.29. The Morgan fingerprint density at radius 2 is 1.79 bits per heavy atom. The molecular weight excluding hydrogens is 447 g/mol. The van der Waals surface area contributed by atoms with E-state index in [4.69, 9.17) is 15.1 Å². The summed E-state index contributed by atoms with van der Waals surface area (Å²) in [5.41, 5.74) is 0.557. The van der Waals surface area contributed by atoms with Gasteiger partial charge in [0.15, 0.2) is 0 Å². The van der Waals surface area contributed by atoms with Gasteiger partial charge in [-0.15, -0.1) is 0 Å². The standard InChI is InChI=1S/C24H21FN2O5S/c25-23-11-16(14-26)1-2-20(23)15-32-21-5-3-19-13-22(6-4-18(19)12-21)33(30,31)27-9-7-17(8-10-27)24(28)29/h1-6,11-13,17H,7-10,15H2,(H,28,29). The highest BCUT2D eigenvalue weighted by Gasteiger charge is 2.32. The summed E-state index contributed by atoms with van der Waals surface area (Å²) in [6, 6.07) is 16.0. The van der Waals surface area contributed by atoms with Gasteiger partial charge in [-0.05, 0) is 60.0 Å². The van der Waals surface area contributed by atoms with Gasteiger partial charge in [-0.3, -0.25) is 4.79 Å². The number of nitriles is 1. The van der Waals surface area contributed by atoms with Crippen LogP contribution < -0.4 is 4.74 Å². The molecule has 0 radical (unpaired) electrons. The Kier molecular flexibility index (Phi) is 6.31. The number of nitrogens with zero attached hydrogens (tertiary/aromatic N) is 2. The lowest BCUT2D eigenvalue weighted by Crippen LogP contribution is -2.40. The predicted octanol–water partition coefficient (Wildman–Crippen LogP) is 3.91. The molecule has 0 aliphatic carbocycles. The number of hydrogen-bond donors (Lipinski definition) is 1. The molecule has 3 aromatic rings. The minimum absolute atomic E-state index is 0.0121. The number of sulfonamides is 1. The number of ether oxygens (including phenoxy) is 1. The normalized spacial score (nSPS) is 15.3. The fourth-order valence-electron chi connectivity index (χ4n) is 3.84. The Bertz CT molecular complexity index is 1360. The summed E-state index contributed by atoms with van der Waals surface area (Å²) in [7, 11) is -3.72. The van der Waals surface area contributed by atoms with Gasteiger partial charge in [0, 0.05) is 18.7 Å². The van der Waals surface area contributed by atoms with Crippen LogP contribution in [0, 0.1) is 23.1 Å². The molecule has 4 rings (SSSR count). The number of hydrogen-bond acceptors (Lipinski definition) is 5. The Morgan fingerprint density at radius 1 is 1.09 bits per heavy atom. The van der Waals surface area contributed by atoms with Gasteiger partial charge < -0.3 is 9.84 Å². The van der Waals surface area contributed by atoms with Crippen molar-refractivity contribution in [2.24, 2.45) is 5.92 Å². The van der Waals surface area contributed by atoms with E-state index in [1.54, 1.807) is 30.3 Å². The number of rotatable bonds is 6. The Morgan fingerprint density at radius 3 is 2.45 bits per heavy atom. The van der Waals surface area contributed by atoms with Crippen LogP contribution in [-0.4, -0.2) is 36.9 Å². The number of aliphatic carboxylic acids is 1. The van der Waals surface area contributed by atoms with Crippen LogP contribution in [0.3, 0.4) is 0 Å². The molecule has 0 atom stereocenters. The Hall–Kier alpha value is -3.48. The lowest BCUT2D eigenvalue weighted by molar-refractivity contribution is -0.142. The highest BCUT2D eigenvalue weighted by Crippen LogP contribution is 2.28. The summed E-state index contributed by atoms with van der Waals surface area (Å²) in [4.78, 5) is 11.3. The predicted molar refractivity (Wildman–Crippen MR) is 119 cm³/mol. The van der Waals surface area contributed by atoms with Crippen molar-refractivity contribution in [2.75, 3.05) is 13.1 Å². The Balaban J connectivity index is 1.49. The van der Waals surface area contributed by atoms with E-state index in [0.29, 0.717) is 29.5 Å². The topological polar surface area (TPSA) is 108 Å². The van der Waals surface area contributed by atoms with E-state index in [2.05, 4.69) is 0 Å². The molecule has 170 valence electrons. The smallest absolute Gasteiger partial charge is 0.306 e. The van der Waals surface area contributed by atoms with E-state index in [1.165, 1.54) is 22.5 Å². The quantitative estimate of drug-likeness (QED) is 0.588. The van der Waals surface area contributed by atoms with Crippen LogP contribution in [-0.2, 0) is 21.4 Å². The third-order valence-electron chi connectivity index (χ3n) is 5.80. The fourth-order valence-corrected chi connectivity index (χ4v) is 5.34. The van der Waals surface area contributed by atoms with Crippen molar-refractivity contribution < 1.29 is 27.4 Å². The summed E-state index contributed by atoms with van der Waals surface area (Å²) < 4.78 is 47.1. The first-order valence-electron chi connectivity index (χ1n) is 10.4. The monoisotopic (exact) mass is 468 g/mol. The number of piperidine rings is 1. The number of halogens is 1. The van der Waals surface area contributed by atoms with Gasteiger partial charge in [-0.2, -0.15) is 9.57 Å². The van der Waals surface area contributed by atoms with Crippen molar-refractivity contribution in [1.82, 2.24) is 4.31 Å². The molecule has 3 aromatic carbocycles. The third kappa shape index (κ3) is 4.82. The van der Waals surface area contributed by atoms with Crippen LogP contribution in [0.4, 0.5) is 4.39 Å². The summed E-state index contributed by atoms with van der Waals surface area (Å²) in [6.07, 6.45) is 0.589. The minimum atomic E-state index is -3.72. The zero-order chi connectivity index (χ0) is 23.6. The number of fused-ring (bicyclic) bond motifs is 1. The van der Waals surface area contributed by atoms with Crippen molar-refractivity contribution in [3.63, 3.8) is 0 Å². The Labute approximate surface area is 190 Å². The van der Waals surface area contributed by atoms with Crippen molar-refractivity contribution >= 4 is 26.8 Å². The molecule has 0 aromatic heterocycles. The summed E-state index contributed by atoms with van der Waals surface area (Å²) in [5, 5.41) is 19.4. The van der Waals surface area contributed by atoms with E-state index in [0.717, 1.165) is 11.5 Å². The lowest BCUT2D eigenvalue weighted by atomic mass is 9.99. The number of carboxylic acid groups (broad SMARTS) is 1. The van der Waals surface area contributed by atoms with Crippen LogP contribution in [0.25, 0.3) is 10.8 Å². The SMILES string of the molecule is N#Cc1ccc(COc2ccc3cc(S(=O)(=O)N4CCC(C(=O)O)CC4)ccc3c2)c(F)c1. The molecule has 0 bridgehead atoms. The molecule has 0 unspecified atom stereocenters. The first-order valence-corrected chi connectivity index (χ1v) is 11.8. The number of carboxylic acids is 1. The van der Waals surface area contributed by atoms with Crippen LogP contribution in [0.1, 0.15) is 24.0 Å². The molecule has 0 amide bonds. The van der Waals surface area contributed by atoms with Gasteiger partial charge in [-0.25, -0.2) is 12.8 Å². The average molecular weight is 469 g/mol. The van der Waals surface area contributed by atoms with Gasteiger partial charge in [-0.1, -0.05) is 18.2 Å². The van der Waals surface area contributed by atoms with Gasteiger partial charge >= 0.3 is 5.97 Å². The van der Waals surface area contributed by atoms with Gasteiger partial charge in [0.2, 0.25) is 10.0 Å². The second-order valence-electron chi connectivity index (χ2n) is 7.89. The van der Waals surface area contributed by atoms with Crippen LogP contribution in [0.2, 0.25) is 0 Å². The molecule has 7 nitrogen and oxygen atoms in total. The summed E-state index contributed by atoms with van der Waals surface area (Å²) >= 11 is 0. The van der Waals surface area contributed by atoms with Gasteiger partial charge in [0.05, 0.1) is 22.4 Å². The van der Waals surface area contributed by atoms with Crippen molar-refractivity contribution in [2.45, 2.75) is 24.3 Å². The van der Waals surface area contributed by atoms with Crippen molar-refractivity contribution in [3.05, 3.63) is 71.5 Å². The zero-order valence-corrected chi connectivity index (χ0v) is 18.4. The van der Waals surface area contributed by atoms with Crippen molar-refractivity contribution in [3.8, 4) is 11.8 Å². The molecule has 9 heteroatoms. The van der Waals surface area contributed by atoms with E-state index in [1.807, 2.05) is 6.07 Å². The first-order chi connectivity index (χ1) is 15.8. The van der Waals surface area contributed by atoms with Gasteiger partial charge in [0.25, 0.3) is 0 Å². The number of benzene rings is 3. The molecule has 1 N–H and O–H groups in total. The summed E-state index contributed by atoms with van der Waals surface area (Å²) in [5.74, 6) is -1.42. The average Bonchev–Trinajstić information content (AvgIpc) is 2.82. The maximum absolute atomic E-state index is 14.0. The molecule has 0 spiro atoms. The second-order valence-corrected chi connectivity index (χ2v) is 9.83. The minimum Gasteiger partial charge on any atom is -0.489 e. The fraction of sp³-hybridized carbons (Fsp3) is 0.250. The van der Waals surface area contributed by atoms with Crippen LogP contribution >= 0.6 is 0 Å². The van der Waals surface area contributed by atoms with E-state index in [9.17, 15) is 17.6 Å². The molecule has 33 heavy (non-hydrogen) atoms. The summed E-state index contributed by atoms with van der Waals surface area (Å²) in [6.45, 7) is 0.341. The molecule has 1 fully saturated rings. The molecule has 0 saturated carbocycles. The molecular formula is C24H21FN2O5S. The highest BCUT2D eigenvalue weighted by molar-refractivity contribution is 7.89. The first kappa shape index (κ1) is 22.7. The largest absolute Gasteiger partial charge is 0.489 e. The maximum Gasteiger partial charge on any atom is 0.306 e. The molecule has 1 saturated heterocycles.